The third-order valence-electron chi connectivity index (χ3n) is 10.8. The van der Waals surface area contributed by atoms with E-state index in [0.717, 1.165) is 17.8 Å². The Bertz CT molecular complexity index is 1210. The molecule has 0 amide bonds. The lowest BCUT2D eigenvalue weighted by Crippen LogP contribution is -2.70. The molecule has 2 heterocycles. The first-order valence-corrected chi connectivity index (χ1v) is 14.9. The van der Waals surface area contributed by atoms with E-state index in [1.807, 2.05) is 0 Å². The highest BCUT2D eigenvalue weighted by molar-refractivity contribution is 8.14. The number of hydrogen-bond donors (Lipinski definition) is 1. The third kappa shape index (κ3) is 3.68. The number of halogens is 2. The van der Waals surface area contributed by atoms with Gasteiger partial charge in [-0.25, -0.2) is 8.78 Å². The van der Waals surface area contributed by atoms with Crippen molar-refractivity contribution in [1.29, 1.82) is 0 Å². The van der Waals surface area contributed by atoms with Crippen LogP contribution in [-0.4, -0.2) is 76.6 Å². The number of esters is 2. The lowest BCUT2D eigenvalue weighted by molar-refractivity contribution is -0.227. The molecule has 4 aliphatic carbocycles. The molecule has 2 aliphatic heterocycles. The Hall–Kier alpha value is -2.11. The highest BCUT2D eigenvalue weighted by Gasteiger charge is 2.76. The molecule has 0 spiro atoms. The number of aliphatic hydroxyl groups is 1. The maximum Gasteiger partial charge on any atom is 0.319 e. The minimum atomic E-state index is -2.31. The number of fused-ring (bicyclic) bond motifs is 5. The van der Waals surface area contributed by atoms with E-state index in [2.05, 4.69) is 0 Å². The average molecular weight is 581 g/mol. The average Bonchev–Trinajstić information content (AvgIpc) is 3.64. The van der Waals surface area contributed by atoms with Crippen LogP contribution >= 0.6 is 11.8 Å². The Labute approximate surface area is 235 Å². The molecule has 218 valence electrons. The molecule has 0 bridgehead atoms. The fraction of sp³-hybridized carbons (Fsp3) is 0.724. The zero-order chi connectivity index (χ0) is 28.7. The molecule has 0 aromatic carbocycles. The number of alkyl halides is 2. The number of cyclic esters (lactones) is 1. The Morgan fingerprint density at radius 3 is 2.60 bits per heavy atom. The van der Waals surface area contributed by atoms with Crippen LogP contribution in [0.5, 0.6) is 0 Å². The predicted octanol–water partition coefficient (Wildman–Crippen LogP) is 3.20. The van der Waals surface area contributed by atoms with Crippen molar-refractivity contribution in [2.45, 2.75) is 81.2 Å². The Balaban J connectivity index is 1.41. The van der Waals surface area contributed by atoms with E-state index >= 15 is 8.78 Å². The van der Waals surface area contributed by atoms with Crippen LogP contribution in [0.25, 0.3) is 0 Å². The third-order valence-corrected chi connectivity index (χ3v) is 12.0. The predicted molar refractivity (Wildman–Crippen MR) is 138 cm³/mol. The fourth-order valence-electron chi connectivity index (χ4n) is 8.52. The topological polar surface area (TPSA) is 116 Å². The summed E-state index contributed by atoms with van der Waals surface area (Å²) < 4.78 is 49.8. The molecule has 2 saturated heterocycles. The molecule has 5 fully saturated rings. The number of ether oxygens (including phenoxy) is 3. The molecule has 3 unspecified atom stereocenters. The van der Waals surface area contributed by atoms with Crippen molar-refractivity contribution in [3.05, 3.63) is 23.8 Å². The van der Waals surface area contributed by atoms with Crippen LogP contribution in [-0.2, 0) is 33.4 Å². The van der Waals surface area contributed by atoms with Gasteiger partial charge in [0.25, 0.3) is 0 Å². The first-order chi connectivity index (χ1) is 18.9. The van der Waals surface area contributed by atoms with Crippen molar-refractivity contribution < 1.29 is 47.3 Å². The van der Waals surface area contributed by atoms with Gasteiger partial charge in [-0.15, -0.1) is 0 Å². The number of carbonyl (C=O) groups is 4. The number of aliphatic hydroxyl groups excluding tert-OH is 1. The summed E-state index contributed by atoms with van der Waals surface area (Å²) >= 11 is 0.769. The maximum atomic E-state index is 17.5. The van der Waals surface area contributed by atoms with Gasteiger partial charge in [0.05, 0.1) is 25.2 Å². The van der Waals surface area contributed by atoms with Gasteiger partial charge in [-0.2, -0.15) is 0 Å². The second-order valence-corrected chi connectivity index (χ2v) is 13.7. The molecule has 8 nitrogen and oxygen atoms in total. The normalized spacial score (nSPS) is 47.7. The number of carbonyl (C=O) groups excluding carboxylic acids is 4. The summed E-state index contributed by atoms with van der Waals surface area (Å²) in [6.07, 6.45) is 1.05. The van der Waals surface area contributed by atoms with Crippen LogP contribution in [0.2, 0.25) is 0 Å². The second kappa shape index (κ2) is 9.46. The standard InChI is InChI=1S/C29H34F2O8S/c1-26-7-3-16(32)11-19(26)20(30)12-18-17-4-8-28(39-23(34)15-5-9-37-14-15,25(36)40-21-6-10-38-24(21)35)27(17,2)13-22(33)29(18,26)31/h3,7,11,15,17-18,20-22,33H,4-6,8-10,12-14H2,1-2H3/t15?,17?,18?,20-,21-,22-,26-,27-,28-,29-/m0/s1. The van der Waals surface area contributed by atoms with E-state index in [1.165, 1.54) is 19.1 Å². The zero-order valence-corrected chi connectivity index (χ0v) is 23.3. The quantitative estimate of drug-likeness (QED) is 0.501. The van der Waals surface area contributed by atoms with Crippen LogP contribution < -0.4 is 0 Å². The summed E-state index contributed by atoms with van der Waals surface area (Å²) in [5, 5.41) is 10.3. The van der Waals surface area contributed by atoms with E-state index in [9.17, 15) is 24.3 Å². The minimum absolute atomic E-state index is 0.0182. The van der Waals surface area contributed by atoms with Gasteiger partial charge >= 0.3 is 11.9 Å². The number of rotatable bonds is 4. The van der Waals surface area contributed by atoms with Gasteiger partial charge in [0.15, 0.2) is 17.1 Å². The van der Waals surface area contributed by atoms with Crippen LogP contribution in [0, 0.1) is 28.6 Å². The summed E-state index contributed by atoms with van der Waals surface area (Å²) in [5.41, 5.74) is -6.84. The molecule has 0 aromatic heterocycles. The van der Waals surface area contributed by atoms with Gasteiger partial charge in [-0.05, 0) is 62.7 Å². The monoisotopic (exact) mass is 580 g/mol. The number of hydrogen-bond acceptors (Lipinski definition) is 9. The molecular weight excluding hydrogens is 546 g/mol. The Kier molecular flexibility index (Phi) is 6.63. The molecule has 0 aromatic rings. The summed E-state index contributed by atoms with van der Waals surface area (Å²) in [6.45, 7) is 3.96. The van der Waals surface area contributed by atoms with Gasteiger partial charge in [-0.3, -0.25) is 19.2 Å². The van der Waals surface area contributed by atoms with E-state index in [-0.39, 0.29) is 44.5 Å². The zero-order valence-electron chi connectivity index (χ0n) is 22.5. The number of ketones is 1. The summed E-state index contributed by atoms with van der Waals surface area (Å²) in [4.78, 5) is 51.9. The number of allylic oxidation sites excluding steroid dienone is 4. The molecule has 1 N–H and O–H groups in total. The molecule has 0 radical (unpaired) electrons. The molecule has 11 heteroatoms. The van der Waals surface area contributed by atoms with Crippen molar-refractivity contribution in [2.75, 3.05) is 19.8 Å². The smallest absolute Gasteiger partial charge is 0.319 e. The molecule has 6 rings (SSSR count). The number of thioether (sulfide) groups is 1. The SMILES string of the molecule is C[C@]12C=CC(=O)C=C1[C@@H](F)CC1C3CC[C@](OC(=O)C4CCOC4)(C(=O)S[C@H]4CCOC4=O)[C@@]3(C)C[C@H](O)[C@@]12F. The van der Waals surface area contributed by atoms with Crippen molar-refractivity contribution in [1.82, 2.24) is 0 Å². The minimum Gasteiger partial charge on any atom is -0.465 e. The van der Waals surface area contributed by atoms with E-state index in [0.29, 0.717) is 19.4 Å². The highest BCUT2D eigenvalue weighted by atomic mass is 32.2. The van der Waals surface area contributed by atoms with Crippen LogP contribution in [0.1, 0.15) is 52.4 Å². The van der Waals surface area contributed by atoms with E-state index in [4.69, 9.17) is 14.2 Å². The fourth-order valence-corrected chi connectivity index (χ4v) is 9.72. The summed E-state index contributed by atoms with van der Waals surface area (Å²) in [7, 11) is 0. The first-order valence-electron chi connectivity index (χ1n) is 14.0. The van der Waals surface area contributed by atoms with Crippen molar-refractivity contribution in [2.24, 2.45) is 28.6 Å². The largest absolute Gasteiger partial charge is 0.465 e. The van der Waals surface area contributed by atoms with Crippen LogP contribution in [0.3, 0.4) is 0 Å². The van der Waals surface area contributed by atoms with Crippen molar-refractivity contribution >= 4 is 34.6 Å². The molecule has 6 aliphatic rings. The molecule has 10 atom stereocenters. The Morgan fingerprint density at radius 1 is 1.15 bits per heavy atom. The second-order valence-electron chi connectivity index (χ2n) is 12.6. The van der Waals surface area contributed by atoms with Gasteiger partial charge in [0, 0.05) is 29.8 Å². The van der Waals surface area contributed by atoms with E-state index in [1.54, 1.807) is 6.92 Å². The van der Waals surface area contributed by atoms with Crippen molar-refractivity contribution in [3.8, 4) is 0 Å². The van der Waals surface area contributed by atoms with Gasteiger partial charge < -0.3 is 19.3 Å². The summed E-state index contributed by atoms with van der Waals surface area (Å²) in [5.74, 6) is -3.75. The van der Waals surface area contributed by atoms with Gasteiger partial charge in [0.1, 0.15) is 11.4 Å². The van der Waals surface area contributed by atoms with Crippen molar-refractivity contribution in [3.63, 3.8) is 0 Å². The first kappa shape index (κ1) is 28.0. The summed E-state index contributed by atoms with van der Waals surface area (Å²) in [6, 6.07) is 0. The molecule has 40 heavy (non-hydrogen) atoms. The Morgan fingerprint density at radius 2 is 1.93 bits per heavy atom. The van der Waals surface area contributed by atoms with Gasteiger partial charge in [-0.1, -0.05) is 24.8 Å². The van der Waals surface area contributed by atoms with Crippen LogP contribution in [0.4, 0.5) is 8.78 Å². The van der Waals surface area contributed by atoms with Gasteiger partial charge in [0.2, 0.25) is 5.12 Å². The molecular formula is C29H34F2O8S. The lowest BCUT2D eigenvalue weighted by Gasteiger charge is -2.63. The maximum absolute atomic E-state index is 17.5. The highest BCUT2D eigenvalue weighted by Crippen LogP contribution is 2.71. The van der Waals surface area contributed by atoms with E-state index < -0.39 is 80.2 Å². The molecule has 3 saturated carbocycles. The van der Waals surface area contributed by atoms with Crippen LogP contribution in [0.15, 0.2) is 23.8 Å². The lowest BCUT2D eigenvalue weighted by atomic mass is 9.44.